The highest BCUT2D eigenvalue weighted by Gasteiger charge is 2.18. The Morgan fingerprint density at radius 1 is 1.44 bits per heavy atom. The number of nitrogens with zero attached hydrogens (tertiary/aromatic N) is 3. The normalized spacial score (nSPS) is 19.2. The zero-order chi connectivity index (χ0) is 11.5. The molecule has 90 valence electrons. The van der Waals surface area contributed by atoms with Gasteiger partial charge in [-0.25, -0.2) is 0 Å². The highest BCUT2D eigenvalue weighted by atomic mass is 15.3. The summed E-state index contributed by atoms with van der Waals surface area (Å²) in [5.74, 6) is 0. The van der Waals surface area contributed by atoms with Gasteiger partial charge < -0.3 is 5.32 Å². The molecular weight excluding hydrogens is 200 g/mol. The summed E-state index contributed by atoms with van der Waals surface area (Å²) in [6, 6.07) is 0.714. The molecule has 0 saturated carbocycles. The van der Waals surface area contributed by atoms with Crippen LogP contribution >= 0.6 is 0 Å². The van der Waals surface area contributed by atoms with E-state index in [-0.39, 0.29) is 0 Å². The number of piperidine rings is 1. The maximum atomic E-state index is 4.29. The molecule has 1 aromatic rings. The molecule has 1 saturated heterocycles. The van der Waals surface area contributed by atoms with Crippen molar-refractivity contribution in [3.05, 3.63) is 17.5 Å². The van der Waals surface area contributed by atoms with E-state index in [4.69, 9.17) is 0 Å². The van der Waals surface area contributed by atoms with Gasteiger partial charge in [0.1, 0.15) is 0 Å². The van der Waals surface area contributed by atoms with Gasteiger partial charge in [0.15, 0.2) is 0 Å². The molecule has 0 aromatic carbocycles. The van der Waals surface area contributed by atoms with Crippen molar-refractivity contribution >= 4 is 0 Å². The first-order chi connectivity index (χ1) is 7.70. The predicted molar refractivity (Wildman–Crippen MR) is 65.3 cm³/mol. The molecule has 16 heavy (non-hydrogen) atoms. The summed E-state index contributed by atoms with van der Waals surface area (Å²) in [5, 5.41) is 7.65. The molecule has 1 aliphatic heterocycles. The number of nitrogens with one attached hydrogen (secondary N) is 1. The van der Waals surface area contributed by atoms with Crippen LogP contribution in [0.25, 0.3) is 0 Å². The molecule has 1 fully saturated rings. The Hall–Kier alpha value is -0.870. The van der Waals surface area contributed by atoms with Crippen LogP contribution in [-0.2, 0) is 13.6 Å². The molecule has 4 nitrogen and oxygen atoms in total. The number of aryl methyl sites for hydroxylation is 1. The van der Waals surface area contributed by atoms with E-state index >= 15 is 0 Å². The second kappa shape index (κ2) is 4.97. The van der Waals surface area contributed by atoms with Crippen LogP contribution in [0.15, 0.2) is 6.20 Å². The zero-order valence-corrected chi connectivity index (χ0v) is 10.5. The predicted octanol–water partition coefficient (Wildman–Crippen LogP) is 0.912. The van der Waals surface area contributed by atoms with Gasteiger partial charge in [-0.05, 0) is 39.9 Å². The summed E-state index contributed by atoms with van der Waals surface area (Å²) < 4.78 is 1.95. The molecule has 1 aromatic heterocycles. The first kappa shape index (κ1) is 11.6. The number of rotatable bonds is 3. The van der Waals surface area contributed by atoms with Crippen molar-refractivity contribution in [2.75, 3.05) is 20.1 Å². The SMILES string of the molecule is CNC1CCN(Cc2cnn(C)c2C)CC1. The lowest BCUT2D eigenvalue weighted by Gasteiger charge is -2.31. The van der Waals surface area contributed by atoms with Gasteiger partial charge in [-0.3, -0.25) is 9.58 Å². The lowest BCUT2D eigenvalue weighted by molar-refractivity contribution is 0.194. The van der Waals surface area contributed by atoms with Gasteiger partial charge in [0, 0.05) is 30.9 Å². The Morgan fingerprint density at radius 3 is 2.62 bits per heavy atom. The van der Waals surface area contributed by atoms with Gasteiger partial charge >= 0.3 is 0 Å². The summed E-state index contributed by atoms with van der Waals surface area (Å²) in [6.45, 7) is 5.58. The van der Waals surface area contributed by atoms with Gasteiger partial charge in [0.25, 0.3) is 0 Å². The van der Waals surface area contributed by atoms with Crippen molar-refractivity contribution in [3.63, 3.8) is 0 Å². The van der Waals surface area contributed by atoms with Crippen LogP contribution in [0.4, 0.5) is 0 Å². The van der Waals surface area contributed by atoms with Crippen molar-refractivity contribution in [2.24, 2.45) is 7.05 Å². The largest absolute Gasteiger partial charge is 0.317 e. The molecular formula is C12H22N4. The van der Waals surface area contributed by atoms with E-state index < -0.39 is 0 Å². The monoisotopic (exact) mass is 222 g/mol. The van der Waals surface area contributed by atoms with Gasteiger partial charge in [-0.2, -0.15) is 5.10 Å². The molecule has 0 atom stereocenters. The fourth-order valence-corrected chi connectivity index (χ4v) is 2.32. The summed E-state index contributed by atoms with van der Waals surface area (Å²) in [5.41, 5.74) is 2.65. The highest BCUT2D eigenvalue weighted by molar-refractivity contribution is 5.15. The van der Waals surface area contributed by atoms with Crippen LogP contribution in [0.3, 0.4) is 0 Å². The van der Waals surface area contributed by atoms with Crippen molar-refractivity contribution in [1.82, 2.24) is 20.0 Å². The van der Waals surface area contributed by atoms with Crippen molar-refractivity contribution in [2.45, 2.75) is 32.4 Å². The third-order valence-electron chi connectivity index (χ3n) is 3.73. The number of hydrogen-bond acceptors (Lipinski definition) is 3. The topological polar surface area (TPSA) is 33.1 Å². The molecule has 0 radical (unpaired) electrons. The maximum absolute atomic E-state index is 4.29. The lowest BCUT2D eigenvalue weighted by atomic mass is 10.0. The standard InChI is InChI=1S/C12H22N4/c1-10-11(8-14-15(10)3)9-16-6-4-12(13-2)5-7-16/h8,12-13H,4-7,9H2,1-3H3. The molecule has 0 aliphatic carbocycles. The van der Waals surface area contributed by atoms with E-state index in [1.54, 1.807) is 0 Å². The van der Waals surface area contributed by atoms with E-state index in [2.05, 4.69) is 29.3 Å². The minimum atomic E-state index is 0.714. The van der Waals surface area contributed by atoms with Crippen LogP contribution in [0.5, 0.6) is 0 Å². The molecule has 0 unspecified atom stereocenters. The van der Waals surface area contributed by atoms with E-state index in [1.807, 2.05) is 17.9 Å². The Morgan fingerprint density at radius 2 is 2.12 bits per heavy atom. The molecule has 2 rings (SSSR count). The van der Waals surface area contributed by atoms with Crippen LogP contribution in [0, 0.1) is 6.92 Å². The minimum Gasteiger partial charge on any atom is -0.317 e. The van der Waals surface area contributed by atoms with Crippen molar-refractivity contribution in [1.29, 1.82) is 0 Å². The van der Waals surface area contributed by atoms with E-state index in [9.17, 15) is 0 Å². The van der Waals surface area contributed by atoms with E-state index in [1.165, 1.54) is 37.2 Å². The molecule has 1 aliphatic rings. The minimum absolute atomic E-state index is 0.714. The summed E-state index contributed by atoms with van der Waals surface area (Å²) >= 11 is 0. The number of hydrogen-bond donors (Lipinski definition) is 1. The quantitative estimate of drug-likeness (QED) is 0.825. The van der Waals surface area contributed by atoms with Crippen molar-refractivity contribution in [3.8, 4) is 0 Å². The molecule has 0 amide bonds. The molecule has 1 N–H and O–H groups in total. The fourth-order valence-electron chi connectivity index (χ4n) is 2.32. The third-order valence-corrected chi connectivity index (χ3v) is 3.73. The van der Waals surface area contributed by atoms with Gasteiger partial charge in [-0.15, -0.1) is 0 Å². The smallest absolute Gasteiger partial charge is 0.0537 e. The molecule has 0 bridgehead atoms. The fraction of sp³-hybridized carbons (Fsp3) is 0.750. The van der Waals surface area contributed by atoms with Crippen LogP contribution in [0.2, 0.25) is 0 Å². The summed E-state index contributed by atoms with van der Waals surface area (Å²) in [4.78, 5) is 2.53. The zero-order valence-electron chi connectivity index (χ0n) is 10.5. The third kappa shape index (κ3) is 2.44. The van der Waals surface area contributed by atoms with Crippen LogP contribution < -0.4 is 5.32 Å². The molecule has 4 heteroatoms. The summed E-state index contributed by atoms with van der Waals surface area (Å²) in [6.07, 6.45) is 4.52. The second-order valence-corrected chi connectivity index (χ2v) is 4.72. The molecule has 0 spiro atoms. The van der Waals surface area contributed by atoms with Gasteiger partial charge in [-0.1, -0.05) is 0 Å². The van der Waals surface area contributed by atoms with Crippen molar-refractivity contribution < 1.29 is 0 Å². The van der Waals surface area contributed by atoms with Gasteiger partial charge in [0.05, 0.1) is 6.20 Å². The number of aromatic nitrogens is 2. The average Bonchev–Trinajstić information content (AvgIpc) is 2.62. The van der Waals surface area contributed by atoms with E-state index in [0.29, 0.717) is 6.04 Å². The Labute approximate surface area is 97.6 Å². The maximum Gasteiger partial charge on any atom is 0.0537 e. The number of likely N-dealkylation sites (tertiary alicyclic amines) is 1. The Bertz CT molecular complexity index is 337. The Balaban J connectivity index is 1.89. The van der Waals surface area contributed by atoms with E-state index in [0.717, 1.165) is 6.54 Å². The van der Waals surface area contributed by atoms with Gasteiger partial charge in [0.2, 0.25) is 0 Å². The first-order valence-electron chi connectivity index (χ1n) is 6.08. The Kier molecular flexibility index (Phi) is 3.61. The van der Waals surface area contributed by atoms with Crippen LogP contribution in [-0.4, -0.2) is 40.9 Å². The second-order valence-electron chi connectivity index (χ2n) is 4.72. The summed E-state index contributed by atoms with van der Waals surface area (Å²) in [7, 11) is 4.07. The lowest BCUT2D eigenvalue weighted by Crippen LogP contribution is -2.40. The highest BCUT2D eigenvalue weighted by Crippen LogP contribution is 2.15. The van der Waals surface area contributed by atoms with Crippen LogP contribution in [0.1, 0.15) is 24.1 Å². The first-order valence-corrected chi connectivity index (χ1v) is 6.08. The average molecular weight is 222 g/mol. The molecule has 2 heterocycles.